The summed E-state index contributed by atoms with van der Waals surface area (Å²) < 4.78 is 5.53. The molecule has 2 fully saturated rings. The van der Waals surface area contributed by atoms with Crippen LogP contribution in [0.15, 0.2) is 46.9 Å². The van der Waals surface area contributed by atoms with E-state index in [1.54, 1.807) is 11.3 Å². The first-order valence-corrected chi connectivity index (χ1v) is 11.0. The number of hydrogen-bond donors (Lipinski definition) is 1. The third kappa shape index (κ3) is 4.83. The van der Waals surface area contributed by atoms with Crippen LogP contribution < -0.4 is 10.6 Å². The van der Waals surface area contributed by atoms with Crippen molar-refractivity contribution in [1.29, 1.82) is 0 Å². The lowest BCUT2D eigenvalue weighted by Crippen LogP contribution is -2.51. The summed E-state index contributed by atoms with van der Waals surface area (Å²) in [6.45, 7) is 5.36. The maximum Gasteiger partial charge on any atom is 0.191 e. The zero-order valence-corrected chi connectivity index (χ0v) is 17.1. The maximum atomic E-state index is 6.48. The molecule has 3 heterocycles. The van der Waals surface area contributed by atoms with E-state index in [9.17, 15) is 0 Å². The second-order valence-electron chi connectivity index (χ2n) is 7.49. The quantitative estimate of drug-likeness (QED) is 0.618. The van der Waals surface area contributed by atoms with Gasteiger partial charge >= 0.3 is 0 Å². The highest BCUT2D eigenvalue weighted by Crippen LogP contribution is 2.30. The van der Waals surface area contributed by atoms with Gasteiger partial charge in [-0.2, -0.15) is 0 Å². The molecular weight excluding hydrogens is 370 g/mol. The molecule has 150 valence electrons. The average Bonchev–Trinajstić information content (AvgIpc) is 3.30. The van der Waals surface area contributed by atoms with E-state index in [0.717, 1.165) is 63.8 Å². The summed E-state index contributed by atoms with van der Waals surface area (Å²) in [6, 6.07) is 10.7. The van der Waals surface area contributed by atoms with E-state index < -0.39 is 0 Å². The van der Waals surface area contributed by atoms with E-state index >= 15 is 0 Å². The molecule has 1 unspecified atom stereocenters. The first-order valence-electron chi connectivity index (χ1n) is 10.1. The van der Waals surface area contributed by atoms with E-state index in [4.69, 9.17) is 15.5 Å². The van der Waals surface area contributed by atoms with Crippen molar-refractivity contribution in [3.8, 4) is 0 Å². The van der Waals surface area contributed by atoms with Crippen LogP contribution in [-0.4, -0.2) is 55.2 Å². The molecule has 0 radical (unpaired) electrons. The molecule has 4 rings (SSSR count). The summed E-state index contributed by atoms with van der Waals surface area (Å²) in [5.41, 5.74) is 7.72. The van der Waals surface area contributed by atoms with Gasteiger partial charge in [0.25, 0.3) is 0 Å². The third-order valence-electron chi connectivity index (χ3n) is 5.66. The fraction of sp³-hybridized carbons (Fsp3) is 0.524. The summed E-state index contributed by atoms with van der Waals surface area (Å²) >= 11 is 1.69. The van der Waals surface area contributed by atoms with Crippen molar-refractivity contribution in [3.05, 3.63) is 47.5 Å². The number of piperazine rings is 1. The maximum absolute atomic E-state index is 6.48. The SMILES string of the molecule is NC(=NC(CC1CCOCC1)c1ccccc1)N1CCN(c2nccs2)CC1. The smallest absolute Gasteiger partial charge is 0.191 e. The average molecular weight is 400 g/mol. The predicted octanol–water partition coefficient (Wildman–Crippen LogP) is 3.14. The van der Waals surface area contributed by atoms with Gasteiger partial charge in [0, 0.05) is 51.0 Å². The number of aliphatic imine (C=N–C) groups is 1. The first kappa shape index (κ1) is 19.2. The number of ether oxygens (including phenoxy) is 1. The van der Waals surface area contributed by atoms with Crippen LogP contribution in [0.1, 0.15) is 30.9 Å². The monoisotopic (exact) mass is 399 g/mol. The molecule has 28 heavy (non-hydrogen) atoms. The van der Waals surface area contributed by atoms with Crippen molar-refractivity contribution in [3.63, 3.8) is 0 Å². The third-order valence-corrected chi connectivity index (χ3v) is 6.50. The van der Waals surface area contributed by atoms with Crippen molar-refractivity contribution in [2.24, 2.45) is 16.6 Å². The number of anilines is 1. The molecule has 2 aliphatic rings. The van der Waals surface area contributed by atoms with Gasteiger partial charge in [0.15, 0.2) is 11.1 Å². The lowest BCUT2D eigenvalue weighted by atomic mass is 9.90. The summed E-state index contributed by atoms with van der Waals surface area (Å²) in [5, 5.41) is 3.12. The van der Waals surface area contributed by atoms with Gasteiger partial charge in [-0.3, -0.25) is 0 Å². The molecule has 1 aromatic heterocycles. The van der Waals surface area contributed by atoms with Gasteiger partial charge in [0.2, 0.25) is 0 Å². The second-order valence-corrected chi connectivity index (χ2v) is 8.37. The summed E-state index contributed by atoms with van der Waals surface area (Å²) in [6.07, 6.45) is 5.13. The Kier molecular flexibility index (Phi) is 6.44. The normalized spacial score (nSPS) is 20.4. The van der Waals surface area contributed by atoms with Gasteiger partial charge < -0.3 is 20.3 Å². The minimum absolute atomic E-state index is 0.112. The standard InChI is InChI=1S/C21H29N5OS/c22-20(25-9-11-26(12-10-25)21-23-8-15-28-21)24-19(18-4-2-1-3-5-18)16-17-6-13-27-14-7-17/h1-5,8,15,17,19H,6-7,9-14,16H2,(H2,22,24). The summed E-state index contributed by atoms with van der Waals surface area (Å²) in [5.74, 6) is 1.32. The minimum Gasteiger partial charge on any atom is -0.381 e. The Morgan fingerprint density at radius 2 is 1.93 bits per heavy atom. The molecule has 1 atom stereocenters. The van der Waals surface area contributed by atoms with E-state index in [1.165, 1.54) is 5.56 Å². The van der Waals surface area contributed by atoms with Crippen molar-refractivity contribution >= 4 is 22.4 Å². The van der Waals surface area contributed by atoms with E-state index in [-0.39, 0.29) is 6.04 Å². The largest absolute Gasteiger partial charge is 0.381 e. The number of guanidine groups is 1. The van der Waals surface area contributed by atoms with Gasteiger partial charge in [-0.1, -0.05) is 30.3 Å². The van der Waals surface area contributed by atoms with Gasteiger partial charge in [-0.05, 0) is 30.7 Å². The minimum atomic E-state index is 0.112. The lowest BCUT2D eigenvalue weighted by molar-refractivity contribution is 0.0618. The lowest BCUT2D eigenvalue weighted by Gasteiger charge is -2.35. The Morgan fingerprint density at radius 3 is 2.61 bits per heavy atom. The zero-order valence-electron chi connectivity index (χ0n) is 16.2. The van der Waals surface area contributed by atoms with Gasteiger partial charge in [0.05, 0.1) is 6.04 Å². The highest BCUT2D eigenvalue weighted by molar-refractivity contribution is 7.13. The highest BCUT2D eigenvalue weighted by Gasteiger charge is 2.23. The Labute approximate surface area is 171 Å². The van der Waals surface area contributed by atoms with Gasteiger partial charge in [-0.25, -0.2) is 9.98 Å². The van der Waals surface area contributed by atoms with Crippen LogP contribution in [-0.2, 0) is 4.74 Å². The van der Waals surface area contributed by atoms with Crippen molar-refractivity contribution in [1.82, 2.24) is 9.88 Å². The molecule has 2 aliphatic heterocycles. The van der Waals surface area contributed by atoms with Gasteiger partial charge in [0.1, 0.15) is 0 Å². The van der Waals surface area contributed by atoms with E-state index in [2.05, 4.69) is 45.1 Å². The second kappa shape index (κ2) is 9.39. The number of thiazole rings is 1. The van der Waals surface area contributed by atoms with E-state index in [0.29, 0.717) is 11.9 Å². The highest BCUT2D eigenvalue weighted by atomic mass is 32.1. The molecule has 2 N–H and O–H groups in total. The molecule has 0 bridgehead atoms. The molecule has 2 saturated heterocycles. The van der Waals surface area contributed by atoms with Crippen LogP contribution in [0.2, 0.25) is 0 Å². The zero-order chi connectivity index (χ0) is 19.2. The fourth-order valence-corrected chi connectivity index (χ4v) is 4.67. The molecular formula is C21H29N5OS. The number of nitrogens with two attached hydrogens (primary N) is 1. The topological polar surface area (TPSA) is 67.0 Å². The number of rotatable bonds is 5. The Hall–Kier alpha value is -2.12. The molecule has 0 saturated carbocycles. The Bertz CT molecular complexity index is 737. The van der Waals surface area contributed by atoms with Crippen LogP contribution in [0.25, 0.3) is 0 Å². The van der Waals surface area contributed by atoms with Crippen LogP contribution in [0.4, 0.5) is 5.13 Å². The number of nitrogens with zero attached hydrogens (tertiary/aromatic N) is 4. The Morgan fingerprint density at radius 1 is 1.18 bits per heavy atom. The van der Waals surface area contributed by atoms with Crippen molar-refractivity contribution in [2.75, 3.05) is 44.3 Å². The Balaban J connectivity index is 1.43. The van der Waals surface area contributed by atoms with Crippen molar-refractivity contribution in [2.45, 2.75) is 25.3 Å². The van der Waals surface area contributed by atoms with Crippen LogP contribution in [0, 0.1) is 5.92 Å². The molecule has 6 nitrogen and oxygen atoms in total. The molecule has 0 spiro atoms. The van der Waals surface area contributed by atoms with Gasteiger partial charge in [-0.15, -0.1) is 11.3 Å². The summed E-state index contributed by atoms with van der Waals surface area (Å²) in [4.78, 5) is 14.0. The van der Waals surface area contributed by atoms with Crippen LogP contribution in [0.5, 0.6) is 0 Å². The van der Waals surface area contributed by atoms with Crippen LogP contribution in [0.3, 0.4) is 0 Å². The molecule has 0 aliphatic carbocycles. The number of benzene rings is 1. The fourth-order valence-electron chi connectivity index (χ4n) is 3.98. The summed E-state index contributed by atoms with van der Waals surface area (Å²) in [7, 11) is 0. The number of aromatic nitrogens is 1. The van der Waals surface area contributed by atoms with Crippen LogP contribution >= 0.6 is 11.3 Å². The van der Waals surface area contributed by atoms with Crippen molar-refractivity contribution < 1.29 is 4.74 Å². The number of hydrogen-bond acceptors (Lipinski definition) is 5. The molecule has 2 aromatic rings. The first-order chi connectivity index (χ1) is 13.8. The molecule has 0 amide bonds. The molecule has 1 aromatic carbocycles. The molecule has 7 heteroatoms. The van der Waals surface area contributed by atoms with E-state index in [1.807, 2.05) is 11.6 Å². The predicted molar refractivity (Wildman–Crippen MR) is 115 cm³/mol.